The zero-order chi connectivity index (χ0) is 15.0. The highest BCUT2D eigenvalue weighted by molar-refractivity contribution is 5.97. The van der Waals surface area contributed by atoms with Crippen molar-refractivity contribution in [1.82, 2.24) is 10.6 Å². The van der Waals surface area contributed by atoms with Gasteiger partial charge in [-0.2, -0.15) is 5.26 Å². The van der Waals surface area contributed by atoms with Gasteiger partial charge >= 0.3 is 0 Å². The number of amides is 1. The molecular formula is C15H19N3O2. The van der Waals surface area contributed by atoms with Gasteiger partial charge in [-0.05, 0) is 19.9 Å². The van der Waals surface area contributed by atoms with Gasteiger partial charge in [-0.3, -0.25) is 4.79 Å². The zero-order valence-corrected chi connectivity index (χ0v) is 11.9. The first-order valence-electron chi connectivity index (χ1n) is 6.35. The van der Waals surface area contributed by atoms with E-state index in [4.69, 9.17) is 10.00 Å². The van der Waals surface area contributed by atoms with E-state index in [-0.39, 0.29) is 17.5 Å². The molecule has 0 spiro atoms. The van der Waals surface area contributed by atoms with Crippen LogP contribution >= 0.6 is 0 Å². The lowest BCUT2D eigenvalue weighted by molar-refractivity contribution is -0.117. The van der Waals surface area contributed by atoms with Crippen molar-refractivity contribution in [2.24, 2.45) is 0 Å². The van der Waals surface area contributed by atoms with Crippen LogP contribution in [0.5, 0.6) is 5.75 Å². The highest BCUT2D eigenvalue weighted by atomic mass is 16.5. The molecule has 0 bridgehead atoms. The fraction of sp³-hybridized carbons (Fsp3) is 0.333. The van der Waals surface area contributed by atoms with Crippen LogP contribution in [0.3, 0.4) is 0 Å². The van der Waals surface area contributed by atoms with Crippen LogP contribution in [-0.4, -0.2) is 19.1 Å². The van der Waals surface area contributed by atoms with Crippen molar-refractivity contribution in [3.05, 3.63) is 41.6 Å². The minimum Gasteiger partial charge on any atom is -0.496 e. The minimum atomic E-state index is -0.380. The van der Waals surface area contributed by atoms with E-state index in [1.54, 1.807) is 7.11 Å². The Bertz CT molecular complexity index is 530. The van der Waals surface area contributed by atoms with Crippen molar-refractivity contribution in [3.63, 3.8) is 0 Å². The average molecular weight is 273 g/mol. The summed E-state index contributed by atoms with van der Waals surface area (Å²) in [5, 5.41) is 14.6. The number of ether oxygens (including phenoxy) is 1. The minimum absolute atomic E-state index is 0.00605. The number of nitrogens with zero attached hydrogens (tertiary/aromatic N) is 1. The molecule has 5 heteroatoms. The summed E-state index contributed by atoms with van der Waals surface area (Å²) in [7, 11) is 1.60. The molecule has 1 rings (SSSR count). The number of benzene rings is 1. The number of para-hydroxylation sites is 1. The average Bonchev–Trinajstić information content (AvgIpc) is 2.43. The molecule has 0 saturated carbocycles. The molecule has 2 N–H and O–H groups in total. The lowest BCUT2D eigenvalue weighted by atomic mass is 10.2. The zero-order valence-electron chi connectivity index (χ0n) is 11.9. The summed E-state index contributed by atoms with van der Waals surface area (Å²) in [4.78, 5) is 11.7. The summed E-state index contributed by atoms with van der Waals surface area (Å²) in [6.07, 6.45) is 1.42. The molecular weight excluding hydrogens is 254 g/mol. The summed E-state index contributed by atoms with van der Waals surface area (Å²) in [5.74, 6) is 0.383. The number of carbonyl (C=O) groups is 1. The number of carbonyl (C=O) groups excluding carboxylic acids is 1. The van der Waals surface area contributed by atoms with E-state index >= 15 is 0 Å². The second-order valence-electron chi connectivity index (χ2n) is 4.49. The molecule has 0 aliphatic carbocycles. The first-order chi connectivity index (χ1) is 9.58. The van der Waals surface area contributed by atoms with Crippen LogP contribution in [0.15, 0.2) is 36.0 Å². The highest BCUT2D eigenvalue weighted by Crippen LogP contribution is 2.16. The van der Waals surface area contributed by atoms with Crippen molar-refractivity contribution in [2.75, 3.05) is 7.11 Å². The summed E-state index contributed by atoms with van der Waals surface area (Å²) in [5.41, 5.74) is 1.00. The van der Waals surface area contributed by atoms with E-state index in [0.717, 1.165) is 11.3 Å². The van der Waals surface area contributed by atoms with Crippen molar-refractivity contribution in [2.45, 2.75) is 26.4 Å². The third kappa shape index (κ3) is 4.65. The smallest absolute Gasteiger partial charge is 0.263 e. The quantitative estimate of drug-likeness (QED) is 0.611. The van der Waals surface area contributed by atoms with E-state index in [2.05, 4.69) is 10.6 Å². The largest absolute Gasteiger partial charge is 0.496 e. The van der Waals surface area contributed by atoms with E-state index in [1.807, 2.05) is 44.2 Å². The van der Waals surface area contributed by atoms with Gasteiger partial charge < -0.3 is 15.4 Å². The Labute approximate surface area is 119 Å². The predicted octanol–water partition coefficient (Wildman–Crippen LogP) is 1.72. The van der Waals surface area contributed by atoms with Gasteiger partial charge in [-0.15, -0.1) is 0 Å². The molecule has 0 unspecified atom stereocenters. The van der Waals surface area contributed by atoms with Gasteiger partial charge in [-0.1, -0.05) is 18.2 Å². The van der Waals surface area contributed by atoms with E-state index in [9.17, 15) is 4.79 Å². The molecule has 0 aromatic heterocycles. The Morgan fingerprint density at radius 3 is 2.75 bits per heavy atom. The summed E-state index contributed by atoms with van der Waals surface area (Å²) < 4.78 is 5.22. The fourth-order valence-electron chi connectivity index (χ4n) is 1.60. The maximum Gasteiger partial charge on any atom is 0.263 e. The third-order valence-electron chi connectivity index (χ3n) is 2.52. The van der Waals surface area contributed by atoms with Gasteiger partial charge in [0, 0.05) is 24.4 Å². The topological polar surface area (TPSA) is 74.1 Å². The van der Waals surface area contributed by atoms with Gasteiger partial charge in [0.25, 0.3) is 5.91 Å². The van der Waals surface area contributed by atoms with Crippen LogP contribution in [-0.2, 0) is 11.3 Å². The lowest BCUT2D eigenvalue weighted by Crippen LogP contribution is -2.31. The molecule has 0 atom stereocenters. The molecule has 0 radical (unpaired) electrons. The second kappa shape index (κ2) is 7.85. The molecule has 5 nitrogen and oxygen atoms in total. The fourth-order valence-corrected chi connectivity index (χ4v) is 1.60. The Morgan fingerprint density at radius 2 is 2.15 bits per heavy atom. The molecule has 0 heterocycles. The normalized spacial score (nSPS) is 10.8. The SMILES string of the molecule is COc1ccccc1CN/C=C(/C#N)C(=O)NC(C)C. The van der Waals surface area contributed by atoms with Gasteiger partial charge in [-0.25, -0.2) is 0 Å². The predicted molar refractivity (Wildman–Crippen MR) is 76.8 cm³/mol. The Kier molecular flexibility index (Phi) is 6.11. The lowest BCUT2D eigenvalue weighted by Gasteiger charge is -2.09. The summed E-state index contributed by atoms with van der Waals surface area (Å²) in [6, 6.07) is 9.43. The van der Waals surface area contributed by atoms with Crippen LogP contribution in [0.2, 0.25) is 0 Å². The van der Waals surface area contributed by atoms with Gasteiger partial charge in [0.2, 0.25) is 0 Å². The van der Waals surface area contributed by atoms with E-state index in [1.165, 1.54) is 6.20 Å². The van der Waals surface area contributed by atoms with E-state index in [0.29, 0.717) is 6.54 Å². The monoisotopic (exact) mass is 273 g/mol. The summed E-state index contributed by atoms with van der Waals surface area (Å²) >= 11 is 0. The number of nitrogens with one attached hydrogen (secondary N) is 2. The number of hydrogen-bond donors (Lipinski definition) is 2. The van der Waals surface area contributed by atoms with Crippen molar-refractivity contribution in [1.29, 1.82) is 5.26 Å². The molecule has 0 aliphatic rings. The first-order valence-corrected chi connectivity index (χ1v) is 6.35. The highest BCUT2D eigenvalue weighted by Gasteiger charge is 2.09. The van der Waals surface area contributed by atoms with Gasteiger partial charge in [0.15, 0.2) is 0 Å². The van der Waals surface area contributed by atoms with Gasteiger partial charge in [0.05, 0.1) is 7.11 Å². The Hall–Kier alpha value is -2.48. The van der Waals surface area contributed by atoms with Gasteiger partial charge in [0.1, 0.15) is 17.4 Å². The molecule has 1 amide bonds. The Balaban J connectivity index is 2.66. The molecule has 1 aromatic carbocycles. The molecule has 0 fully saturated rings. The van der Waals surface area contributed by atoms with Crippen LogP contribution < -0.4 is 15.4 Å². The standard InChI is InChI=1S/C15H19N3O2/c1-11(2)18-15(19)13(8-16)10-17-9-12-6-4-5-7-14(12)20-3/h4-7,10-11,17H,9H2,1-3H3,(H,18,19)/b13-10-. The number of rotatable bonds is 6. The van der Waals surface area contributed by atoms with Crippen molar-refractivity contribution >= 4 is 5.91 Å². The molecule has 20 heavy (non-hydrogen) atoms. The second-order valence-corrected chi connectivity index (χ2v) is 4.49. The number of methoxy groups -OCH3 is 1. The summed E-state index contributed by atoms with van der Waals surface area (Å²) in [6.45, 7) is 4.16. The number of nitriles is 1. The van der Waals surface area contributed by atoms with Crippen LogP contribution in [0.1, 0.15) is 19.4 Å². The molecule has 0 saturated heterocycles. The maximum atomic E-state index is 11.7. The molecule has 0 aliphatic heterocycles. The van der Waals surface area contributed by atoms with Crippen LogP contribution in [0.4, 0.5) is 0 Å². The maximum absolute atomic E-state index is 11.7. The van der Waals surface area contributed by atoms with Crippen molar-refractivity contribution in [3.8, 4) is 11.8 Å². The first kappa shape index (κ1) is 15.6. The van der Waals surface area contributed by atoms with Crippen molar-refractivity contribution < 1.29 is 9.53 Å². The van der Waals surface area contributed by atoms with Crippen LogP contribution in [0.25, 0.3) is 0 Å². The third-order valence-corrected chi connectivity index (χ3v) is 2.52. The van der Waals surface area contributed by atoms with E-state index < -0.39 is 0 Å². The Morgan fingerprint density at radius 1 is 1.45 bits per heavy atom. The van der Waals surface area contributed by atoms with Crippen LogP contribution in [0, 0.1) is 11.3 Å². The molecule has 106 valence electrons. The molecule has 1 aromatic rings. The number of hydrogen-bond acceptors (Lipinski definition) is 4.